The Kier molecular flexibility index (Phi) is 5.63. The van der Waals surface area contributed by atoms with Gasteiger partial charge in [0.15, 0.2) is 10.8 Å². The van der Waals surface area contributed by atoms with Crippen molar-refractivity contribution in [3.8, 4) is 0 Å². The van der Waals surface area contributed by atoms with Crippen molar-refractivity contribution < 1.29 is 4.79 Å². The summed E-state index contributed by atoms with van der Waals surface area (Å²) in [6.07, 6.45) is 0. The van der Waals surface area contributed by atoms with Crippen molar-refractivity contribution in [2.24, 2.45) is 14.1 Å². The molecule has 1 amide bonds. The first-order valence-corrected chi connectivity index (χ1v) is 11.3. The maximum atomic E-state index is 12.8. The standard InChI is InChI=1S/C20H20N6O3S2/c1-10(2)15-23-16-14(18(28)26(4)20(29)25(16)3)17(24-15)30-9-13(27)22-19-21-11-7-5-6-8-12(11)31-19/h5-8,10H,9H2,1-4H3,(H,21,22,27). The lowest BCUT2D eigenvalue weighted by Crippen LogP contribution is -2.38. The molecule has 31 heavy (non-hydrogen) atoms. The fourth-order valence-corrected chi connectivity index (χ4v) is 4.73. The Bertz CT molecular complexity index is 1400. The molecule has 0 radical (unpaired) electrons. The average molecular weight is 457 g/mol. The van der Waals surface area contributed by atoms with Crippen LogP contribution in [0.4, 0.5) is 5.13 Å². The summed E-state index contributed by atoms with van der Waals surface area (Å²) in [6.45, 7) is 3.85. The van der Waals surface area contributed by atoms with Crippen LogP contribution in [0.15, 0.2) is 38.9 Å². The summed E-state index contributed by atoms with van der Waals surface area (Å²) in [7, 11) is 2.98. The van der Waals surface area contributed by atoms with Gasteiger partial charge in [0.2, 0.25) is 5.91 Å². The van der Waals surface area contributed by atoms with Crippen LogP contribution < -0.4 is 16.6 Å². The highest BCUT2D eigenvalue weighted by atomic mass is 32.2. The smallest absolute Gasteiger partial charge is 0.301 e. The van der Waals surface area contributed by atoms with Crippen molar-refractivity contribution in [2.75, 3.05) is 11.1 Å². The van der Waals surface area contributed by atoms with Crippen LogP contribution in [0.1, 0.15) is 25.6 Å². The molecule has 0 aliphatic rings. The van der Waals surface area contributed by atoms with E-state index in [4.69, 9.17) is 0 Å². The van der Waals surface area contributed by atoms with E-state index in [0.717, 1.165) is 26.5 Å². The van der Waals surface area contributed by atoms with E-state index in [1.165, 1.54) is 23.0 Å². The number of hydrogen-bond acceptors (Lipinski definition) is 8. The van der Waals surface area contributed by atoms with Crippen molar-refractivity contribution in [2.45, 2.75) is 24.8 Å². The van der Waals surface area contributed by atoms with Crippen LogP contribution in [-0.2, 0) is 18.9 Å². The predicted molar refractivity (Wildman–Crippen MR) is 123 cm³/mol. The van der Waals surface area contributed by atoms with Crippen molar-refractivity contribution in [1.29, 1.82) is 0 Å². The number of carbonyl (C=O) groups is 1. The number of aromatic nitrogens is 5. The maximum absolute atomic E-state index is 12.8. The van der Waals surface area contributed by atoms with Gasteiger partial charge in [-0.1, -0.05) is 49.1 Å². The molecule has 0 atom stereocenters. The number of anilines is 1. The Morgan fingerprint density at radius 2 is 1.87 bits per heavy atom. The van der Waals surface area contributed by atoms with Gasteiger partial charge < -0.3 is 5.32 Å². The van der Waals surface area contributed by atoms with E-state index in [1.807, 2.05) is 38.1 Å². The number of benzene rings is 1. The van der Waals surface area contributed by atoms with Crippen LogP contribution in [-0.4, -0.2) is 35.7 Å². The fourth-order valence-electron chi connectivity index (χ4n) is 3.02. The lowest BCUT2D eigenvalue weighted by Gasteiger charge is -2.13. The lowest BCUT2D eigenvalue weighted by atomic mass is 10.2. The number of fused-ring (bicyclic) bond motifs is 2. The summed E-state index contributed by atoms with van der Waals surface area (Å²) < 4.78 is 3.33. The SMILES string of the molecule is CC(C)c1nc(SCC(=O)Nc2nc3ccccc3s2)c2c(=O)n(C)c(=O)n(C)c2n1. The number of amides is 1. The molecule has 0 aliphatic carbocycles. The first-order valence-electron chi connectivity index (χ1n) is 9.52. The molecule has 3 heterocycles. The minimum Gasteiger partial charge on any atom is -0.301 e. The monoisotopic (exact) mass is 456 g/mol. The largest absolute Gasteiger partial charge is 0.332 e. The molecule has 0 saturated heterocycles. The molecular formula is C20H20N6O3S2. The first kappa shape index (κ1) is 21.2. The van der Waals surface area contributed by atoms with Gasteiger partial charge in [0.25, 0.3) is 5.56 Å². The number of carbonyl (C=O) groups excluding carboxylic acids is 1. The van der Waals surface area contributed by atoms with Gasteiger partial charge in [-0.15, -0.1) is 0 Å². The number of nitrogens with one attached hydrogen (secondary N) is 1. The summed E-state index contributed by atoms with van der Waals surface area (Å²) in [5.74, 6) is 0.263. The van der Waals surface area contributed by atoms with E-state index >= 15 is 0 Å². The maximum Gasteiger partial charge on any atom is 0.332 e. The summed E-state index contributed by atoms with van der Waals surface area (Å²) in [6, 6.07) is 7.64. The van der Waals surface area contributed by atoms with E-state index < -0.39 is 11.2 Å². The van der Waals surface area contributed by atoms with Crippen LogP contribution in [0.2, 0.25) is 0 Å². The van der Waals surface area contributed by atoms with Crippen LogP contribution in [0.5, 0.6) is 0 Å². The zero-order valence-electron chi connectivity index (χ0n) is 17.4. The van der Waals surface area contributed by atoms with Gasteiger partial charge in [-0.05, 0) is 12.1 Å². The van der Waals surface area contributed by atoms with Gasteiger partial charge in [-0.25, -0.2) is 19.7 Å². The second-order valence-corrected chi connectivity index (χ2v) is 9.26. The fraction of sp³-hybridized carbons (Fsp3) is 0.300. The highest BCUT2D eigenvalue weighted by molar-refractivity contribution is 8.00. The molecule has 9 nitrogen and oxygen atoms in total. The molecule has 1 N–H and O–H groups in total. The molecule has 11 heteroatoms. The van der Waals surface area contributed by atoms with Gasteiger partial charge in [0, 0.05) is 20.0 Å². The number of rotatable bonds is 5. The summed E-state index contributed by atoms with van der Waals surface area (Å²) >= 11 is 2.53. The number of hydrogen-bond donors (Lipinski definition) is 1. The molecule has 1 aromatic carbocycles. The van der Waals surface area contributed by atoms with Crippen LogP contribution in [0.25, 0.3) is 21.3 Å². The molecular weight excluding hydrogens is 436 g/mol. The normalized spacial score (nSPS) is 11.5. The Morgan fingerprint density at radius 3 is 2.58 bits per heavy atom. The topological polar surface area (TPSA) is 112 Å². The molecule has 0 saturated carbocycles. The van der Waals surface area contributed by atoms with Gasteiger partial charge in [0.05, 0.1) is 16.0 Å². The summed E-state index contributed by atoms with van der Waals surface area (Å²) in [5.41, 5.74) is 0.141. The molecule has 4 aromatic rings. The Morgan fingerprint density at radius 1 is 1.13 bits per heavy atom. The highest BCUT2D eigenvalue weighted by Crippen LogP contribution is 2.27. The molecule has 160 valence electrons. The Balaban J connectivity index is 1.66. The molecule has 0 spiro atoms. The number of thiazole rings is 1. The number of para-hydroxylation sites is 1. The van der Waals surface area contributed by atoms with Crippen molar-refractivity contribution in [1.82, 2.24) is 24.1 Å². The van der Waals surface area contributed by atoms with E-state index in [9.17, 15) is 14.4 Å². The highest BCUT2D eigenvalue weighted by Gasteiger charge is 2.19. The Hall–Kier alpha value is -3.05. The zero-order valence-corrected chi connectivity index (χ0v) is 19.0. The van der Waals surface area contributed by atoms with Gasteiger partial charge in [-0.2, -0.15) is 0 Å². The summed E-state index contributed by atoms with van der Waals surface area (Å²) in [4.78, 5) is 51.0. The molecule has 0 bridgehead atoms. The number of thioether (sulfide) groups is 1. The second kappa shape index (κ2) is 8.23. The number of aryl methyl sites for hydroxylation is 1. The Labute approximate surface area is 185 Å². The van der Waals surface area contributed by atoms with Crippen LogP contribution in [0, 0.1) is 0 Å². The molecule has 0 fully saturated rings. The van der Waals surface area contributed by atoms with Crippen molar-refractivity contribution in [3.63, 3.8) is 0 Å². The third kappa shape index (κ3) is 3.98. The average Bonchev–Trinajstić information content (AvgIpc) is 3.16. The van der Waals surface area contributed by atoms with Crippen LogP contribution in [0.3, 0.4) is 0 Å². The lowest BCUT2D eigenvalue weighted by molar-refractivity contribution is -0.113. The minimum absolute atomic E-state index is 0.0144. The first-order chi connectivity index (χ1) is 14.8. The molecule has 0 unspecified atom stereocenters. The second-order valence-electron chi connectivity index (χ2n) is 7.27. The summed E-state index contributed by atoms with van der Waals surface area (Å²) in [5, 5.41) is 3.92. The third-order valence-electron chi connectivity index (χ3n) is 4.68. The quantitative estimate of drug-likeness (QED) is 0.363. The van der Waals surface area contributed by atoms with E-state index in [2.05, 4.69) is 20.3 Å². The van der Waals surface area contributed by atoms with Gasteiger partial charge in [0.1, 0.15) is 16.2 Å². The van der Waals surface area contributed by atoms with E-state index in [1.54, 1.807) is 7.05 Å². The molecule has 0 aliphatic heterocycles. The van der Waals surface area contributed by atoms with Crippen molar-refractivity contribution >= 4 is 55.4 Å². The number of nitrogens with zero attached hydrogens (tertiary/aromatic N) is 5. The minimum atomic E-state index is -0.484. The van der Waals surface area contributed by atoms with Crippen LogP contribution >= 0.6 is 23.1 Å². The molecule has 4 rings (SSSR count). The van der Waals surface area contributed by atoms with Gasteiger partial charge >= 0.3 is 5.69 Å². The third-order valence-corrected chi connectivity index (χ3v) is 6.61. The van der Waals surface area contributed by atoms with E-state index in [0.29, 0.717) is 16.0 Å². The predicted octanol–water partition coefficient (Wildman–Crippen LogP) is 2.49. The van der Waals surface area contributed by atoms with E-state index in [-0.39, 0.29) is 28.6 Å². The zero-order chi connectivity index (χ0) is 22.3. The van der Waals surface area contributed by atoms with Crippen molar-refractivity contribution in [3.05, 3.63) is 50.9 Å². The molecule has 3 aromatic heterocycles. The van der Waals surface area contributed by atoms with Gasteiger partial charge in [-0.3, -0.25) is 18.7 Å².